The third kappa shape index (κ3) is 6.97. The Kier molecular flexibility index (Phi) is 8.46. The molecule has 0 N–H and O–H groups in total. The second-order valence-corrected chi connectivity index (χ2v) is 4.38. The van der Waals surface area contributed by atoms with Crippen LogP contribution in [0.2, 0.25) is 0 Å². The van der Waals surface area contributed by atoms with Gasteiger partial charge in [-0.1, -0.05) is 19.8 Å². The summed E-state index contributed by atoms with van der Waals surface area (Å²) in [6, 6.07) is 0.0357. The number of nitrogens with zero attached hydrogens (tertiary/aromatic N) is 1. The Morgan fingerprint density at radius 2 is 1.82 bits per heavy atom. The Hall–Kier alpha value is -1.06. The van der Waals surface area contributed by atoms with E-state index in [2.05, 4.69) is 6.92 Å². The van der Waals surface area contributed by atoms with Crippen molar-refractivity contribution < 1.29 is 14.3 Å². The molecular weight excluding hydrogens is 218 g/mol. The molecule has 0 aromatic heterocycles. The van der Waals surface area contributed by atoms with Crippen LogP contribution in [-0.2, 0) is 14.3 Å². The van der Waals surface area contributed by atoms with Crippen molar-refractivity contribution in [1.29, 1.82) is 0 Å². The predicted octanol–water partition coefficient (Wildman–Crippen LogP) is 2.37. The van der Waals surface area contributed by atoms with Crippen LogP contribution in [0.15, 0.2) is 0 Å². The van der Waals surface area contributed by atoms with Gasteiger partial charge in [-0.25, -0.2) is 0 Å². The fourth-order valence-corrected chi connectivity index (χ4v) is 1.57. The molecule has 0 fully saturated rings. The van der Waals surface area contributed by atoms with Crippen LogP contribution in [0.1, 0.15) is 53.4 Å². The third-order valence-electron chi connectivity index (χ3n) is 2.54. The number of carbonyl (C=O) groups is 2. The Morgan fingerprint density at radius 3 is 2.29 bits per heavy atom. The largest absolute Gasteiger partial charge is 0.465 e. The van der Waals surface area contributed by atoms with Crippen LogP contribution in [0, 0.1) is 0 Å². The molecule has 0 aliphatic carbocycles. The lowest BCUT2D eigenvalue weighted by molar-refractivity contribution is -0.150. The number of unbranched alkanes of at least 4 members (excludes halogenated alkanes) is 2. The SMILES string of the molecule is CCCCCC(=O)N(CC(=O)OCC)C(C)C. The number of rotatable bonds is 8. The van der Waals surface area contributed by atoms with Crippen molar-refractivity contribution in [3.8, 4) is 0 Å². The standard InChI is InChI=1S/C13H25NO3/c1-5-7-8-9-12(15)14(11(3)4)10-13(16)17-6-2/h11H,5-10H2,1-4H3. The fraction of sp³-hybridized carbons (Fsp3) is 0.846. The van der Waals surface area contributed by atoms with Gasteiger partial charge in [0.25, 0.3) is 0 Å². The summed E-state index contributed by atoms with van der Waals surface area (Å²) in [6.45, 7) is 8.11. The zero-order chi connectivity index (χ0) is 13.3. The first-order valence-corrected chi connectivity index (χ1v) is 6.48. The summed E-state index contributed by atoms with van der Waals surface area (Å²) >= 11 is 0. The van der Waals surface area contributed by atoms with Crippen LogP contribution >= 0.6 is 0 Å². The van der Waals surface area contributed by atoms with Gasteiger partial charge >= 0.3 is 5.97 Å². The van der Waals surface area contributed by atoms with Crippen molar-refractivity contribution in [3.05, 3.63) is 0 Å². The molecule has 0 heterocycles. The van der Waals surface area contributed by atoms with Gasteiger partial charge in [-0.15, -0.1) is 0 Å². The van der Waals surface area contributed by atoms with E-state index >= 15 is 0 Å². The van der Waals surface area contributed by atoms with Gasteiger partial charge in [-0.05, 0) is 27.2 Å². The smallest absolute Gasteiger partial charge is 0.325 e. The van der Waals surface area contributed by atoms with Crippen molar-refractivity contribution in [1.82, 2.24) is 4.90 Å². The van der Waals surface area contributed by atoms with E-state index in [1.807, 2.05) is 13.8 Å². The molecule has 100 valence electrons. The molecule has 0 saturated carbocycles. The summed E-state index contributed by atoms with van der Waals surface area (Å²) in [5.41, 5.74) is 0. The van der Waals surface area contributed by atoms with Gasteiger partial charge in [0.15, 0.2) is 0 Å². The predicted molar refractivity (Wildman–Crippen MR) is 67.6 cm³/mol. The highest BCUT2D eigenvalue weighted by atomic mass is 16.5. The second kappa shape index (κ2) is 9.02. The van der Waals surface area contributed by atoms with Gasteiger partial charge in [0.05, 0.1) is 6.61 Å². The molecule has 0 atom stereocenters. The molecule has 0 rings (SSSR count). The van der Waals surface area contributed by atoms with Gasteiger partial charge in [0, 0.05) is 12.5 Å². The zero-order valence-electron chi connectivity index (χ0n) is 11.5. The van der Waals surface area contributed by atoms with Gasteiger partial charge in [0.1, 0.15) is 6.54 Å². The van der Waals surface area contributed by atoms with Crippen LogP contribution in [-0.4, -0.2) is 36.0 Å². The Bertz CT molecular complexity index is 239. The average molecular weight is 243 g/mol. The number of esters is 1. The lowest BCUT2D eigenvalue weighted by Gasteiger charge is -2.25. The molecule has 0 bridgehead atoms. The monoisotopic (exact) mass is 243 g/mol. The molecule has 4 heteroatoms. The minimum absolute atomic E-state index is 0.0357. The Labute approximate surface area is 104 Å². The quantitative estimate of drug-likeness (QED) is 0.485. The van der Waals surface area contributed by atoms with Gasteiger partial charge in [-0.3, -0.25) is 9.59 Å². The van der Waals surface area contributed by atoms with Crippen molar-refractivity contribution in [2.45, 2.75) is 59.4 Å². The maximum absolute atomic E-state index is 11.9. The average Bonchev–Trinajstić information content (AvgIpc) is 2.26. The van der Waals surface area contributed by atoms with Gasteiger partial charge < -0.3 is 9.64 Å². The first-order valence-electron chi connectivity index (χ1n) is 6.48. The first-order chi connectivity index (χ1) is 8.02. The number of hydrogen-bond donors (Lipinski definition) is 0. The van der Waals surface area contributed by atoms with E-state index in [-0.39, 0.29) is 24.5 Å². The Morgan fingerprint density at radius 1 is 1.18 bits per heavy atom. The highest BCUT2D eigenvalue weighted by molar-refractivity contribution is 5.82. The summed E-state index contributed by atoms with van der Waals surface area (Å²) in [5.74, 6) is -0.286. The molecule has 0 aliphatic rings. The van der Waals surface area contributed by atoms with E-state index in [9.17, 15) is 9.59 Å². The van der Waals surface area contributed by atoms with Crippen molar-refractivity contribution in [3.63, 3.8) is 0 Å². The molecule has 1 amide bonds. The van der Waals surface area contributed by atoms with Gasteiger partial charge in [0.2, 0.25) is 5.91 Å². The van der Waals surface area contributed by atoms with E-state index in [1.165, 1.54) is 0 Å². The molecule has 0 spiro atoms. The summed E-state index contributed by atoms with van der Waals surface area (Å²) in [6.07, 6.45) is 3.55. The van der Waals surface area contributed by atoms with Gasteiger partial charge in [-0.2, -0.15) is 0 Å². The third-order valence-corrected chi connectivity index (χ3v) is 2.54. The Balaban J connectivity index is 4.21. The van der Waals surface area contributed by atoms with E-state index in [0.29, 0.717) is 13.0 Å². The fourth-order valence-electron chi connectivity index (χ4n) is 1.57. The summed E-state index contributed by atoms with van der Waals surface area (Å²) in [4.78, 5) is 24.9. The molecule has 0 aromatic rings. The zero-order valence-corrected chi connectivity index (χ0v) is 11.5. The molecule has 0 aromatic carbocycles. The molecule has 0 unspecified atom stereocenters. The van der Waals surface area contributed by atoms with Crippen molar-refractivity contribution >= 4 is 11.9 Å². The van der Waals surface area contributed by atoms with E-state index < -0.39 is 0 Å². The van der Waals surface area contributed by atoms with Crippen LogP contribution in [0.25, 0.3) is 0 Å². The van der Waals surface area contributed by atoms with Crippen LogP contribution in [0.3, 0.4) is 0 Å². The summed E-state index contributed by atoms with van der Waals surface area (Å²) in [7, 11) is 0. The lowest BCUT2D eigenvalue weighted by Crippen LogP contribution is -2.41. The van der Waals surface area contributed by atoms with Crippen molar-refractivity contribution in [2.75, 3.05) is 13.2 Å². The first kappa shape index (κ1) is 15.9. The van der Waals surface area contributed by atoms with E-state index in [1.54, 1.807) is 11.8 Å². The summed E-state index contributed by atoms with van der Waals surface area (Å²) in [5, 5.41) is 0. The van der Waals surface area contributed by atoms with E-state index in [4.69, 9.17) is 4.74 Å². The minimum atomic E-state index is -0.329. The molecule has 4 nitrogen and oxygen atoms in total. The maximum Gasteiger partial charge on any atom is 0.325 e. The van der Waals surface area contributed by atoms with Crippen molar-refractivity contribution in [2.24, 2.45) is 0 Å². The van der Waals surface area contributed by atoms with Crippen LogP contribution in [0.4, 0.5) is 0 Å². The molecule has 0 radical (unpaired) electrons. The number of carbonyl (C=O) groups excluding carboxylic acids is 2. The molecular formula is C13H25NO3. The minimum Gasteiger partial charge on any atom is -0.465 e. The molecule has 0 saturated heterocycles. The number of ether oxygens (including phenoxy) is 1. The number of amides is 1. The highest BCUT2D eigenvalue weighted by Crippen LogP contribution is 2.07. The topological polar surface area (TPSA) is 46.6 Å². The molecule has 0 aliphatic heterocycles. The molecule has 17 heavy (non-hydrogen) atoms. The van der Waals surface area contributed by atoms with E-state index in [0.717, 1.165) is 19.3 Å². The lowest BCUT2D eigenvalue weighted by atomic mass is 10.1. The van der Waals surface area contributed by atoms with Crippen LogP contribution in [0.5, 0.6) is 0 Å². The summed E-state index contributed by atoms with van der Waals surface area (Å²) < 4.78 is 4.87. The van der Waals surface area contributed by atoms with Crippen LogP contribution < -0.4 is 0 Å². The normalized spacial score (nSPS) is 10.4. The second-order valence-electron chi connectivity index (χ2n) is 4.38. The number of hydrogen-bond acceptors (Lipinski definition) is 3. The maximum atomic E-state index is 11.9. The highest BCUT2D eigenvalue weighted by Gasteiger charge is 2.19.